The lowest BCUT2D eigenvalue weighted by atomic mass is 9.88. The van der Waals surface area contributed by atoms with Gasteiger partial charge < -0.3 is 15.4 Å². The Hall–Kier alpha value is -2.82. The Kier molecular flexibility index (Phi) is 6.80. The van der Waals surface area contributed by atoms with Crippen LogP contribution in [-0.2, 0) is 16.0 Å². The maximum atomic E-state index is 12.7. The van der Waals surface area contributed by atoms with Gasteiger partial charge in [0.2, 0.25) is 0 Å². The average Bonchev–Trinajstić information content (AvgIpc) is 2.71. The minimum absolute atomic E-state index is 0.0480. The molecule has 2 N–H and O–H groups in total. The number of hydrogen-bond donors (Lipinski definition) is 1. The first kappa shape index (κ1) is 21.9. The van der Waals surface area contributed by atoms with Crippen molar-refractivity contribution in [1.29, 1.82) is 0 Å². The fourth-order valence-electron chi connectivity index (χ4n) is 3.91. The van der Waals surface area contributed by atoms with Gasteiger partial charge in [-0.3, -0.25) is 9.59 Å². The van der Waals surface area contributed by atoms with E-state index in [9.17, 15) is 9.59 Å². The minimum Gasteiger partial charge on any atom is -0.460 e. The van der Waals surface area contributed by atoms with E-state index in [0.29, 0.717) is 30.0 Å². The van der Waals surface area contributed by atoms with Gasteiger partial charge in [-0.2, -0.15) is 0 Å². The maximum Gasteiger partial charge on any atom is 0.306 e. The van der Waals surface area contributed by atoms with Crippen LogP contribution in [0.3, 0.4) is 0 Å². The van der Waals surface area contributed by atoms with Gasteiger partial charge in [0, 0.05) is 30.8 Å². The number of nitrogens with two attached hydrogens (primary N) is 1. The van der Waals surface area contributed by atoms with Crippen LogP contribution >= 0.6 is 0 Å². The lowest BCUT2D eigenvalue weighted by Gasteiger charge is -2.32. The van der Waals surface area contributed by atoms with Crippen molar-refractivity contribution in [3.8, 4) is 0 Å². The summed E-state index contributed by atoms with van der Waals surface area (Å²) < 4.78 is 5.40. The highest BCUT2D eigenvalue weighted by Gasteiger charge is 2.25. The zero-order valence-corrected chi connectivity index (χ0v) is 18.2. The van der Waals surface area contributed by atoms with Crippen LogP contribution < -0.4 is 5.73 Å². The minimum atomic E-state index is -0.449. The zero-order valence-electron chi connectivity index (χ0n) is 18.2. The Labute approximate surface area is 179 Å². The Balaban J connectivity index is 1.55. The van der Waals surface area contributed by atoms with Crippen LogP contribution in [0.4, 0.5) is 5.69 Å². The van der Waals surface area contributed by atoms with Crippen molar-refractivity contribution >= 4 is 17.6 Å². The van der Waals surface area contributed by atoms with Crippen LogP contribution in [0.5, 0.6) is 0 Å². The fourth-order valence-corrected chi connectivity index (χ4v) is 3.91. The first-order valence-corrected chi connectivity index (χ1v) is 10.7. The smallest absolute Gasteiger partial charge is 0.306 e. The SMILES string of the molecule is CC(C)(C)OC(=O)CCc1cccc(C2CCN(C(=O)c3cccc(N)c3)CC2)c1. The largest absolute Gasteiger partial charge is 0.460 e. The van der Waals surface area contributed by atoms with Crippen LogP contribution in [0.25, 0.3) is 0 Å². The molecule has 0 atom stereocenters. The number of piperidine rings is 1. The number of likely N-dealkylation sites (tertiary alicyclic amines) is 1. The lowest BCUT2D eigenvalue weighted by molar-refractivity contribution is -0.154. The van der Waals surface area contributed by atoms with E-state index >= 15 is 0 Å². The van der Waals surface area contributed by atoms with Gasteiger partial charge in [0.05, 0.1) is 0 Å². The molecular weight excluding hydrogens is 376 g/mol. The van der Waals surface area contributed by atoms with Gasteiger partial charge in [0.15, 0.2) is 0 Å². The second kappa shape index (κ2) is 9.33. The van der Waals surface area contributed by atoms with Gasteiger partial charge in [0.1, 0.15) is 5.60 Å². The number of hydrogen-bond acceptors (Lipinski definition) is 4. The second-order valence-corrected chi connectivity index (χ2v) is 9.02. The number of carbonyl (C=O) groups is 2. The Morgan fingerprint density at radius 3 is 2.43 bits per heavy atom. The molecule has 1 aliphatic heterocycles. The van der Waals surface area contributed by atoms with E-state index in [1.54, 1.807) is 12.1 Å². The van der Waals surface area contributed by atoms with E-state index in [4.69, 9.17) is 10.5 Å². The molecule has 30 heavy (non-hydrogen) atoms. The van der Waals surface area contributed by atoms with Gasteiger partial charge in [-0.25, -0.2) is 0 Å². The molecule has 0 spiro atoms. The summed E-state index contributed by atoms with van der Waals surface area (Å²) in [6.45, 7) is 7.13. The normalized spacial score (nSPS) is 15.1. The Morgan fingerprint density at radius 1 is 1.07 bits per heavy atom. The number of esters is 1. The standard InChI is InChI=1S/C25H32N2O3/c1-25(2,3)30-23(28)11-10-18-6-4-7-20(16-18)19-12-14-27(15-13-19)24(29)21-8-5-9-22(26)17-21/h4-9,16-17,19H,10-15,26H2,1-3H3. The maximum absolute atomic E-state index is 12.7. The summed E-state index contributed by atoms with van der Waals surface area (Å²) in [4.78, 5) is 26.6. The summed E-state index contributed by atoms with van der Waals surface area (Å²) in [5.41, 5.74) is 9.06. The quantitative estimate of drug-likeness (QED) is 0.581. The molecule has 0 saturated carbocycles. The summed E-state index contributed by atoms with van der Waals surface area (Å²) in [6.07, 6.45) is 2.93. The fraction of sp³-hybridized carbons (Fsp3) is 0.440. The molecule has 1 heterocycles. The number of nitrogen functional groups attached to an aromatic ring is 1. The molecule has 0 aliphatic carbocycles. The molecular formula is C25H32N2O3. The van der Waals surface area contributed by atoms with Gasteiger partial charge in [-0.05, 0) is 75.3 Å². The average molecular weight is 409 g/mol. The topological polar surface area (TPSA) is 72.6 Å². The predicted octanol–water partition coefficient (Wildman–Crippen LogP) is 4.56. The molecule has 1 amide bonds. The van der Waals surface area contributed by atoms with Gasteiger partial charge in [0.25, 0.3) is 5.91 Å². The van der Waals surface area contributed by atoms with Crippen molar-refractivity contribution in [3.63, 3.8) is 0 Å². The van der Waals surface area contributed by atoms with Crippen molar-refractivity contribution < 1.29 is 14.3 Å². The summed E-state index contributed by atoms with van der Waals surface area (Å²) >= 11 is 0. The Bertz CT molecular complexity index is 893. The third-order valence-electron chi connectivity index (χ3n) is 5.38. The third-order valence-corrected chi connectivity index (χ3v) is 5.38. The van der Waals surface area contributed by atoms with Gasteiger partial charge in [-0.15, -0.1) is 0 Å². The number of ether oxygens (including phenoxy) is 1. The third kappa shape index (κ3) is 6.09. The van der Waals surface area contributed by atoms with Crippen molar-refractivity contribution in [2.45, 2.75) is 58.0 Å². The van der Waals surface area contributed by atoms with Gasteiger partial charge in [-0.1, -0.05) is 30.3 Å². The molecule has 0 aromatic heterocycles. The first-order chi connectivity index (χ1) is 14.2. The number of rotatable bonds is 5. The van der Waals surface area contributed by atoms with E-state index in [-0.39, 0.29) is 11.9 Å². The summed E-state index contributed by atoms with van der Waals surface area (Å²) in [5, 5.41) is 0. The van der Waals surface area contributed by atoms with Crippen LogP contribution in [0.15, 0.2) is 48.5 Å². The van der Waals surface area contributed by atoms with Crippen LogP contribution in [0.2, 0.25) is 0 Å². The molecule has 1 fully saturated rings. The van der Waals surface area contributed by atoms with Crippen molar-refractivity contribution in [2.75, 3.05) is 18.8 Å². The molecule has 0 bridgehead atoms. The van der Waals surface area contributed by atoms with E-state index in [0.717, 1.165) is 31.5 Å². The summed E-state index contributed by atoms with van der Waals surface area (Å²) in [6, 6.07) is 15.6. The molecule has 5 heteroatoms. The van der Waals surface area contributed by atoms with Crippen LogP contribution in [0.1, 0.15) is 67.4 Å². The van der Waals surface area contributed by atoms with Crippen molar-refractivity contribution in [1.82, 2.24) is 4.90 Å². The number of carbonyl (C=O) groups excluding carboxylic acids is 2. The number of aryl methyl sites for hydroxylation is 1. The highest BCUT2D eigenvalue weighted by molar-refractivity contribution is 5.95. The highest BCUT2D eigenvalue weighted by Crippen LogP contribution is 2.29. The molecule has 2 aromatic rings. The van der Waals surface area contributed by atoms with Crippen LogP contribution in [0, 0.1) is 0 Å². The van der Waals surface area contributed by atoms with E-state index in [1.165, 1.54) is 5.56 Å². The van der Waals surface area contributed by atoms with E-state index in [1.807, 2.05) is 37.8 Å². The highest BCUT2D eigenvalue weighted by atomic mass is 16.6. The second-order valence-electron chi connectivity index (χ2n) is 9.02. The number of amides is 1. The molecule has 5 nitrogen and oxygen atoms in total. The molecule has 2 aromatic carbocycles. The van der Waals surface area contributed by atoms with Crippen LogP contribution in [-0.4, -0.2) is 35.5 Å². The van der Waals surface area contributed by atoms with E-state index in [2.05, 4.69) is 24.3 Å². The zero-order chi connectivity index (χ0) is 21.7. The monoisotopic (exact) mass is 408 g/mol. The molecule has 1 saturated heterocycles. The van der Waals surface area contributed by atoms with Crippen molar-refractivity contribution in [2.24, 2.45) is 0 Å². The number of nitrogens with zero attached hydrogens (tertiary/aromatic N) is 1. The predicted molar refractivity (Wildman–Crippen MR) is 119 cm³/mol. The Morgan fingerprint density at radius 2 is 1.77 bits per heavy atom. The summed E-state index contributed by atoms with van der Waals surface area (Å²) in [5.74, 6) is 0.310. The van der Waals surface area contributed by atoms with E-state index < -0.39 is 5.60 Å². The van der Waals surface area contributed by atoms with Crippen molar-refractivity contribution in [3.05, 3.63) is 65.2 Å². The lowest BCUT2D eigenvalue weighted by Crippen LogP contribution is -2.37. The first-order valence-electron chi connectivity index (χ1n) is 10.7. The molecule has 160 valence electrons. The summed E-state index contributed by atoms with van der Waals surface area (Å²) in [7, 11) is 0. The van der Waals surface area contributed by atoms with Gasteiger partial charge >= 0.3 is 5.97 Å². The molecule has 0 unspecified atom stereocenters. The number of benzene rings is 2. The number of anilines is 1. The molecule has 3 rings (SSSR count). The molecule has 0 radical (unpaired) electrons. The molecule has 1 aliphatic rings.